The summed E-state index contributed by atoms with van der Waals surface area (Å²) >= 11 is 5.81. The molecule has 0 aliphatic rings. The van der Waals surface area contributed by atoms with Gasteiger partial charge in [0.25, 0.3) is 5.91 Å². The lowest BCUT2D eigenvalue weighted by molar-refractivity contribution is -0.385. The maximum Gasteiger partial charge on any atom is 0.374 e. The number of hydrogen-bond acceptors (Lipinski definition) is 7. The molecule has 2 N–H and O–H groups in total. The number of rotatable bonds is 6. The van der Waals surface area contributed by atoms with Crippen LogP contribution in [0.4, 0.5) is 11.5 Å². The molecule has 9 nitrogen and oxygen atoms in total. The Hall–Kier alpha value is -4.24. The van der Waals surface area contributed by atoms with E-state index in [0.29, 0.717) is 16.3 Å². The van der Waals surface area contributed by atoms with Crippen molar-refractivity contribution < 1.29 is 14.5 Å². The normalized spacial score (nSPS) is 10.5. The lowest BCUT2D eigenvalue weighted by Crippen LogP contribution is -2.30. The lowest BCUT2D eigenvalue weighted by Gasteiger charge is -2.11. The SMILES string of the molecule is O=C(NNc1ncnc(Oc2cccc3ccccc23)c1[N+](=O)[O-])c1ccc(Cl)cc1. The van der Waals surface area contributed by atoms with Gasteiger partial charge in [-0.1, -0.05) is 48.0 Å². The number of carbonyl (C=O) groups is 1. The van der Waals surface area contributed by atoms with Gasteiger partial charge in [0, 0.05) is 16.0 Å². The molecule has 1 amide bonds. The molecular formula is C21H14ClN5O4. The van der Waals surface area contributed by atoms with Gasteiger partial charge in [-0.3, -0.25) is 25.8 Å². The summed E-state index contributed by atoms with van der Waals surface area (Å²) in [4.78, 5) is 31.1. The Bertz CT molecular complexity index is 1280. The third kappa shape index (κ3) is 4.36. The second-order valence-electron chi connectivity index (χ2n) is 6.30. The number of nitro groups is 1. The molecule has 154 valence electrons. The summed E-state index contributed by atoms with van der Waals surface area (Å²) in [6.07, 6.45) is 1.10. The highest BCUT2D eigenvalue weighted by molar-refractivity contribution is 6.30. The maximum absolute atomic E-state index is 12.3. The number of carbonyl (C=O) groups excluding carboxylic acids is 1. The van der Waals surface area contributed by atoms with Gasteiger partial charge in [0.15, 0.2) is 0 Å². The largest absolute Gasteiger partial charge is 0.433 e. The van der Waals surface area contributed by atoms with E-state index in [1.165, 1.54) is 12.1 Å². The van der Waals surface area contributed by atoms with Crippen LogP contribution in [0.2, 0.25) is 5.02 Å². The average Bonchev–Trinajstić information content (AvgIpc) is 2.78. The van der Waals surface area contributed by atoms with E-state index in [1.54, 1.807) is 24.3 Å². The molecule has 0 unspecified atom stereocenters. The molecule has 0 spiro atoms. The molecule has 3 aromatic carbocycles. The number of benzene rings is 3. The van der Waals surface area contributed by atoms with E-state index >= 15 is 0 Å². The summed E-state index contributed by atoms with van der Waals surface area (Å²) in [6.45, 7) is 0. The van der Waals surface area contributed by atoms with E-state index in [2.05, 4.69) is 20.8 Å². The predicted octanol–water partition coefficient (Wildman–Crippen LogP) is 4.74. The minimum Gasteiger partial charge on any atom is -0.433 e. The van der Waals surface area contributed by atoms with Crippen molar-refractivity contribution in [3.8, 4) is 11.6 Å². The first-order valence-electron chi connectivity index (χ1n) is 9.00. The highest BCUT2D eigenvalue weighted by Crippen LogP contribution is 2.36. The molecule has 1 heterocycles. The molecular weight excluding hydrogens is 422 g/mol. The molecule has 10 heteroatoms. The fourth-order valence-electron chi connectivity index (χ4n) is 2.87. The van der Waals surface area contributed by atoms with Crippen LogP contribution in [0.5, 0.6) is 11.6 Å². The number of aromatic nitrogens is 2. The highest BCUT2D eigenvalue weighted by atomic mass is 35.5. The summed E-state index contributed by atoms with van der Waals surface area (Å²) in [6, 6.07) is 19.0. The standard InChI is InChI=1S/C21H14ClN5O4/c22-15-10-8-14(9-11-15)20(28)26-25-19-18(27(29)30)21(24-12-23-19)31-17-7-3-5-13-4-1-2-6-16(13)17/h1-12H,(H,26,28)(H,23,24,25). The number of anilines is 1. The van der Waals surface area contributed by atoms with Crippen LogP contribution < -0.4 is 15.6 Å². The Morgan fingerprint density at radius 1 is 1.00 bits per heavy atom. The van der Waals surface area contributed by atoms with E-state index in [4.69, 9.17) is 16.3 Å². The van der Waals surface area contributed by atoms with Crippen molar-refractivity contribution in [2.45, 2.75) is 0 Å². The van der Waals surface area contributed by atoms with Crippen molar-refractivity contribution in [2.24, 2.45) is 0 Å². The van der Waals surface area contributed by atoms with Crippen LogP contribution in [0.25, 0.3) is 10.8 Å². The molecule has 0 radical (unpaired) electrons. The molecule has 31 heavy (non-hydrogen) atoms. The Labute approximate surface area is 180 Å². The fraction of sp³-hybridized carbons (Fsp3) is 0. The smallest absolute Gasteiger partial charge is 0.374 e. The van der Waals surface area contributed by atoms with E-state index in [-0.39, 0.29) is 11.7 Å². The summed E-state index contributed by atoms with van der Waals surface area (Å²) in [7, 11) is 0. The molecule has 0 saturated carbocycles. The van der Waals surface area contributed by atoms with Gasteiger partial charge in [0.2, 0.25) is 5.82 Å². The van der Waals surface area contributed by atoms with Gasteiger partial charge < -0.3 is 4.74 Å². The highest BCUT2D eigenvalue weighted by Gasteiger charge is 2.26. The summed E-state index contributed by atoms with van der Waals surface area (Å²) in [5, 5.41) is 13.9. The van der Waals surface area contributed by atoms with Gasteiger partial charge in [-0.15, -0.1) is 0 Å². The zero-order valence-corrected chi connectivity index (χ0v) is 16.5. The molecule has 0 aliphatic carbocycles. The monoisotopic (exact) mass is 435 g/mol. The Morgan fingerprint density at radius 2 is 1.74 bits per heavy atom. The zero-order valence-electron chi connectivity index (χ0n) is 15.8. The quantitative estimate of drug-likeness (QED) is 0.331. The zero-order chi connectivity index (χ0) is 21.8. The second kappa shape index (κ2) is 8.64. The lowest BCUT2D eigenvalue weighted by atomic mass is 10.1. The fourth-order valence-corrected chi connectivity index (χ4v) is 3.00. The summed E-state index contributed by atoms with van der Waals surface area (Å²) < 4.78 is 5.77. The van der Waals surface area contributed by atoms with Crippen LogP contribution >= 0.6 is 11.6 Å². The average molecular weight is 436 g/mol. The number of fused-ring (bicyclic) bond motifs is 1. The van der Waals surface area contributed by atoms with Gasteiger partial charge in [-0.05, 0) is 35.7 Å². The number of ether oxygens (including phenoxy) is 1. The van der Waals surface area contributed by atoms with Crippen molar-refractivity contribution >= 4 is 39.8 Å². The van der Waals surface area contributed by atoms with Gasteiger partial charge in [0.1, 0.15) is 12.1 Å². The molecule has 4 rings (SSSR count). The number of halogens is 1. The summed E-state index contributed by atoms with van der Waals surface area (Å²) in [5.41, 5.74) is 4.62. The number of nitrogens with zero attached hydrogens (tertiary/aromatic N) is 3. The first-order chi connectivity index (χ1) is 15.0. The van der Waals surface area contributed by atoms with Crippen LogP contribution in [0, 0.1) is 10.1 Å². The third-order valence-electron chi connectivity index (χ3n) is 4.33. The van der Waals surface area contributed by atoms with Crippen LogP contribution in [-0.2, 0) is 0 Å². The maximum atomic E-state index is 12.3. The van der Waals surface area contributed by atoms with E-state index in [0.717, 1.165) is 17.1 Å². The molecule has 0 fully saturated rings. The minimum atomic E-state index is -0.683. The Balaban J connectivity index is 1.61. The van der Waals surface area contributed by atoms with Gasteiger partial charge in [-0.25, -0.2) is 4.98 Å². The molecule has 4 aromatic rings. The van der Waals surface area contributed by atoms with Gasteiger partial charge in [0.05, 0.1) is 4.92 Å². The minimum absolute atomic E-state index is 0.224. The van der Waals surface area contributed by atoms with Gasteiger partial charge >= 0.3 is 11.6 Å². The molecule has 0 aliphatic heterocycles. The molecule has 0 saturated heterocycles. The van der Waals surface area contributed by atoms with E-state index in [1.807, 2.05) is 30.3 Å². The van der Waals surface area contributed by atoms with Crippen molar-refractivity contribution in [1.82, 2.24) is 15.4 Å². The van der Waals surface area contributed by atoms with Crippen molar-refractivity contribution in [3.63, 3.8) is 0 Å². The molecule has 0 bridgehead atoms. The molecule has 1 aromatic heterocycles. The van der Waals surface area contributed by atoms with Crippen molar-refractivity contribution in [1.29, 1.82) is 0 Å². The second-order valence-corrected chi connectivity index (χ2v) is 6.73. The van der Waals surface area contributed by atoms with E-state index < -0.39 is 16.5 Å². The van der Waals surface area contributed by atoms with Crippen LogP contribution in [0.1, 0.15) is 10.4 Å². The van der Waals surface area contributed by atoms with E-state index in [9.17, 15) is 14.9 Å². The van der Waals surface area contributed by atoms with Crippen LogP contribution in [0.15, 0.2) is 73.1 Å². The Kier molecular flexibility index (Phi) is 5.59. The van der Waals surface area contributed by atoms with Crippen molar-refractivity contribution in [3.05, 3.63) is 93.8 Å². The number of nitrogens with one attached hydrogen (secondary N) is 2. The first kappa shape index (κ1) is 20.0. The number of hydrogen-bond donors (Lipinski definition) is 2. The summed E-state index contributed by atoms with van der Waals surface area (Å²) in [5.74, 6) is -0.616. The number of hydrazine groups is 1. The number of amides is 1. The van der Waals surface area contributed by atoms with Gasteiger partial charge in [-0.2, -0.15) is 4.98 Å². The van der Waals surface area contributed by atoms with Crippen molar-refractivity contribution in [2.75, 3.05) is 5.43 Å². The first-order valence-corrected chi connectivity index (χ1v) is 9.37. The Morgan fingerprint density at radius 3 is 2.52 bits per heavy atom. The predicted molar refractivity (Wildman–Crippen MR) is 115 cm³/mol. The third-order valence-corrected chi connectivity index (χ3v) is 4.58. The van der Waals surface area contributed by atoms with Crippen LogP contribution in [0.3, 0.4) is 0 Å². The van der Waals surface area contributed by atoms with Crippen LogP contribution in [-0.4, -0.2) is 20.8 Å². The topological polar surface area (TPSA) is 119 Å². The molecule has 0 atom stereocenters.